The lowest BCUT2D eigenvalue weighted by atomic mass is 9.92. The third-order valence-corrected chi connectivity index (χ3v) is 5.69. The standard InChI is InChI=1S/C21H25N3O5S/c1-14-3-5-15(6-4-14)7-10-20(25)24-13-17-11-18(23-30(27,28)29)9-8-16(17)12-19(24)21(26)22-2/h3-6,8-9,11,19,23H,7,10,12-13H2,1-2H3,(H,22,26)(H,27,28,29). The average Bonchev–Trinajstić information content (AvgIpc) is 2.70. The van der Waals surface area contributed by atoms with Crippen LogP contribution in [0.2, 0.25) is 0 Å². The van der Waals surface area contributed by atoms with Gasteiger partial charge < -0.3 is 10.2 Å². The summed E-state index contributed by atoms with van der Waals surface area (Å²) in [6.45, 7) is 2.18. The second-order valence-electron chi connectivity index (χ2n) is 7.40. The fourth-order valence-corrected chi connectivity index (χ4v) is 4.03. The largest absolute Gasteiger partial charge is 0.357 e. The second-order valence-corrected chi connectivity index (χ2v) is 8.56. The number of likely N-dealkylation sites (N-methyl/N-ethyl adjacent to an activating group) is 1. The van der Waals surface area contributed by atoms with Crippen LogP contribution in [0.5, 0.6) is 0 Å². The average molecular weight is 432 g/mol. The highest BCUT2D eigenvalue weighted by atomic mass is 32.2. The van der Waals surface area contributed by atoms with Gasteiger partial charge in [0.05, 0.1) is 5.69 Å². The highest BCUT2D eigenvalue weighted by Crippen LogP contribution is 2.27. The zero-order valence-corrected chi connectivity index (χ0v) is 17.7. The van der Waals surface area contributed by atoms with Crippen LogP contribution in [0, 0.1) is 6.92 Å². The summed E-state index contributed by atoms with van der Waals surface area (Å²) >= 11 is 0. The summed E-state index contributed by atoms with van der Waals surface area (Å²) in [4.78, 5) is 26.9. The van der Waals surface area contributed by atoms with Crippen molar-refractivity contribution in [2.24, 2.45) is 0 Å². The summed E-state index contributed by atoms with van der Waals surface area (Å²) in [6, 6.07) is 12.1. The Morgan fingerprint density at radius 2 is 1.83 bits per heavy atom. The molecule has 1 aliphatic rings. The third-order valence-electron chi connectivity index (χ3n) is 5.20. The summed E-state index contributed by atoms with van der Waals surface area (Å²) < 4.78 is 33.2. The Kier molecular flexibility index (Phi) is 6.42. The Bertz CT molecular complexity index is 1050. The summed E-state index contributed by atoms with van der Waals surface area (Å²) in [7, 11) is -2.87. The van der Waals surface area contributed by atoms with E-state index in [0.717, 1.165) is 22.3 Å². The SMILES string of the molecule is CNC(=O)C1Cc2ccc(NS(=O)(=O)O)cc2CN1C(=O)CCc1ccc(C)cc1. The molecule has 3 rings (SSSR count). The summed E-state index contributed by atoms with van der Waals surface area (Å²) in [5.41, 5.74) is 3.97. The van der Waals surface area contributed by atoms with Gasteiger partial charge in [-0.15, -0.1) is 0 Å². The van der Waals surface area contributed by atoms with Gasteiger partial charge in [-0.25, -0.2) is 0 Å². The minimum atomic E-state index is -4.40. The van der Waals surface area contributed by atoms with E-state index in [1.54, 1.807) is 12.1 Å². The van der Waals surface area contributed by atoms with Crippen molar-refractivity contribution >= 4 is 27.8 Å². The lowest BCUT2D eigenvalue weighted by Gasteiger charge is -2.36. The van der Waals surface area contributed by atoms with E-state index in [-0.39, 0.29) is 30.5 Å². The summed E-state index contributed by atoms with van der Waals surface area (Å²) in [5.74, 6) is -0.396. The Labute approximate surface area is 176 Å². The van der Waals surface area contributed by atoms with Crippen LogP contribution in [0.3, 0.4) is 0 Å². The Hall–Kier alpha value is -2.91. The molecule has 3 N–H and O–H groups in total. The van der Waals surface area contributed by atoms with Crippen LogP contribution >= 0.6 is 0 Å². The van der Waals surface area contributed by atoms with Crippen molar-refractivity contribution in [2.75, 3.05) is 11.8 Å². The lowest BCUT2D eigenvalue weighted by molar-refractivity contribution is -0.141. The fraction of sp³-hybridized carbons (Fsp3) is 0.333. The molecule has 0 radical (unpaired) electrons. The van der Waals surface area contributed by atoms with Gasteiger partial charge in [0.2, 0.25) is 11.8 Å². The van der Waals surface area contributed by atoms with E-state index in [2.05, 4.69) is 5.32 Å². The van der Waals surface area contributed by atoms with Gasteiger partial charge in [-0.2, -0.15) is 8.42 Å². The van der Waals surface area contributed by atoms with Crippen LogP contribution in [0.4, 0.5) is 5.69 Å². The number of nitrogens with one attached hydrogen (secondary N) is 2. The van der Waals surface area contributed by atoms with Gasteiger partial charge in [0, 0.05) is 26.4 Å². The Morgan fingerprint density at radius 1 is 1.13 bits per heavy atom. The maximum atomic E-state index is 13.0. The normalized spacial score (nSPS) is 16.0. The first kappa shape index (κ1) is 21.8. The molecule has 1 unspecified atom stereocenters. The molecule has 0 aliphatic carbocycles. The predicted octanol–water partition coefficient (Wildman–Crippen LogP) is 1.84. The number of rotatable bonds is 6. The van der Waals surface area contributed by atoms with Gasteiger partial charge >= 0.3 is 10.3 Å². The molecule has 2 aromatic rings. The zero-order chi connectivity index (χ0) is 21.9. The van der Waals surface area contributed by atoms with E-state index in [9.17, 15) is 18.0 Å². The zero-order valence-electron chi connectivity index (χ0n) is 16.9. The van der Waals surface area contributed by atoms with Gasteiger partial charge in [-0.1, -0.05) is 35.9 Å². The molecule has 1 heterocycles. The first-order valence-corrected chi connectivity index (χ1v) is 11.0. The molecule has 9 heteroatoms. The predicted molar refractivity (Wildman–Crippen MR) is 113 cm³/mol. The number of fused-ring (bicyclic) bond motifs is 1. The van der Waals surface area contributed by atoms with Crippen LogP contribution in [0.15, 0.2) is 42.5 Å². The molecule has 0 fully saturated rings. The van der Waals surface area contributed by atoms with Crippen LogP contribution in [-0.4, -0.2) is 42.8 Å². The first-order chi connectivity index (χ1) is 14.2. The molecule has 160 valence electrons. The van der Waals surface area contributed by atoms with E-state index < -0.39 is 16.3 Å². The molecule has 8 nitrogen and oxygen atoms in total. The van der Waals surface area contributed by atoms with Crippen molar-refractivity contribution in [1.29, 1.82) is 0 Å². The topological polar surface area (TPSA) is 116 Å². The molecule has 0 spiro atoms. The highest BCUT2D eigenvalue weighted by Gasteiger charge is 2.34. The molecule has 1 atom stereocenters. The number of carbonyl (C=O) groups excluding carboxylic acids is 2. The van der Waals surface area contributed by atoms with Gasteiger partial charge in [0.25, 0.3) is 0 Å². The lowest BCUT2D eigenvalue weighted by Crippen LogP contribution is -2.52. The van der Waals surface area contributed by atoms with Gasteiger partial charge in [-0.05, 0) is 42.2 Å². The van der Waals surface area contributed by atoms with Crippen molar-refractivity contribution in [3.63, 3.8) is 0 Å². The number of amides is 2. The number of hydrogen-bond acceptors (Lipinski definition) is 4. The van der Waals surface area contributed by atoms with E-state index in [4.69, 9.17) is 4.55 Å². The van der Waals surface area contributed by atoms with E-state index in [1.807, 2.05) is 35.9 Å². The number of carbonyl (C=O) groups is 2. The minimum absolute atomic E-state index is 0.150. The molecule has 0 bridgehead atoms. The number of hydrogen-bond donors (Lipinski definition) is 3. The second kappa shape index (κ2) is 8.85. The van der Waals surface area contributed by atoms with Gasteiger partial charge in [-0.3, -0.25) is 18.9 Å². The Balaban J connectivity index is 1.80. The van der Waals surface area contributed by atoms with Gasteiger partial charge in [0.1, 0.15) is 6.04 Å². The van der Waals surface area contributed by atoms with Crippen molar-refractivity contribution in [1.82, 2.24) is 10.2 Å². The molecule has 30 heavy (non-hydrogen) atoms. The van der Waals surface area contributed by atoms with Crippen LogP contribution < -0.4 is 10.0 Å². The van der Waals surface area contributed by atoms with E-state index in [0.29, 0.717) is 12.8 Å². The highest BCUT2D eigenvalue weighted by molar-refractivity contribution is 7.87. The molecule has 1 aliphatic heterocycles. The summed E-state index contributed by atoms with van der Waals surface area (Å²) in [5, 5.41) is 2.62. The molecule has 0 saturated heterocycles. The number of anilines is 1. The molecular formula is C21H25N3O5S. The summed E-state index contributed by atoms with van der Waals surface area (Å²) in [6.07, 6.45) is 1.15. The maximum absolute atomic E-state index is 13.0. The van der Waals surface area contributed by atoms with Crippen molar-refractivity contribution in [3.05, 3.63) is 64.7 Å². The van der Waals surface area contributed by atoms with Crippen LogP contribution in [0.25, 0.3) is 0 Å². The fourth-order valence-electron chi connectivity index (χ4n) is 3.61. The molecular weight excluding hydrogens is 406 g/mol. The number of aryl methyl sites for hydroxylation is 2. The van der Waals surface area contributed by atoms with Crippen molar-refractivity contribution in [2.45, 2.75) is 38.8 Å². The van der Waals surface area contributed by atoms with E-state index in [1.165, 1.54) is 18.0 Å². The molecule has 0 aromatic heterocycles. The molecule has 2 aromatic carbocycles. The smallest absolute Gasteiger partial charge is 0.357 e. The van der Waals surface area contributed by atoms with Crippen LogP contribution in [-0.2, 0) is 39.3 Å². The maximum Gasteiger partial charge on any atom is 0.357 e. The van der Waals surface area contributed by atoms with Crippen molar-refractivity contribution in [3.8, 4) is 0 Å². The number of nitrogens with zero attached hydrogens (tertiary/aromatic N) is 1. The first-order valence-electron chi connectivity index (χ1n) is 9.60. The number of benzene rings is 2. The van der Waals surface area contributed by atoms with Crippen LogP contribution in [0.1, 0.15) is 28.7 Å². The minimum Gasteiger partial charge on any atom is -0.357 e. The Morgan fingerprint density at radius 3 is 2.47 bits per heavy atom. The van der Waals surface area contributed by atoms with E-state index >= 15 is 0 Å². The third kappa shape index (κ3) is 5.37. The molecule has 0 saturated carbocycles. The van der Waals surface area contributed by atoms with Crippen molar-refractivity contribution < 1.29 is 22.6 Å². The monoisotopic (exact) mass is 431 g/mol. The molecule has 2 amide bonds. The quantitative estimate of drug-likeness (QED) is 0.604. The van der Waals surface area contributed by atoms with Gasteiger partial charge in [0.15, 0.2) is 0 Å².